The first-order valence-corrected chi connectivity index (χ1v) is 7.69. The van der Waals surface area contributed by atoms with Crippen LogP contribution < -0.4 is 15.4 Å². The number of rotatable bonds is 8. The van der Waals surface area contributed by atoms with Crippen LogP contribution in [-0.4, -0.2) is 31.3 Å². The van der Waals surface area contributed by atoms with Crippen molar-refractivity contribution in [3.05, 3.63) is 59.4 Å². The summed E-state index contributed by atoms with van der Waals surface area (Å²) in [5.74, 6) is -0.353. The van der Waals surface area contributed by atoms with Crippen LogP contribution in [0.25, 0.3) is 0 Å². The third-order valence-corrected chi connectivity index (χ3v) is 3.48. The molecule has 0 unspecified atom stereocenters. The van der Waals surface area contributed by atoms with Crippen molar-refractivity contribution in [1.82, 2.24) is 5.32 Å². The number of halogens is 1. The summed E-state index contributed by atoms with van der Waals surface area (Å²) in [5, 5.41) is 14.6. The van der Waals surface area contributed by atoms with Gasteiger partial charge in [-0.1, -0.05) is 6.07 Å². The fraction of sp³-hybridized carbons (Fsp3) is 0.278. The Balaban J connectivity index is 1.89. The largest absolute Gasteiger partial charge is 0.494 e. The van der Waals surface area contributed by atoms with Crippen molar-refractivity contribution >= 4 is 11.6 Å². The molecular weight excluding hydrogens is 311 g/mol. The lowest BCUT2D eigenvalue weighted by Gasteiger charge is -2.09. The van der Waals surface area contributed by atoms with E-state index in [9.17, 15) is 9.18 Å². The average Bonchev–Trinajstić information content (AvgIpc) is 2.60. The molecule has 5 nitrogen and oxygen atoms in total. The second-order valence-corrected chi connectivity index (χ2v) is 5.23. The van der Waals surface area contributed by atoms with Crippen LogP contribution in [0.15, 0.2) is 42.5 Å². The molecule has 2 aromatic rings. The number of hydrogen-bond acceptors (Lipinski definition) is 4. The normalized spacial score (nSPS) is 10.3. The monoisotopic (exact) mass is 332 g/mol. The SMILES string of the molecule is COc1ccc(CNc2ccc(C(=O)NCCCO)cc2)cc1F. The molecule has 6 heteroatoms. The van der Waals surface area contributed by atoms with Crippen molar-refractivity contribution < 1.29 is 19.0 Å². The second-order valence-electron chi connectivity index (χ2n) is 5.23. The molecule has 0 fully saturated rings. The fourth-order valence-electron chi connectivity index (χ4n) is 2.15. The van der Waals surface area contributed by atoms with E-state index in [0.717, 1.165) is 11.3 Å². The minimum atomic E-state index is -0.397. The van der Waals surface area contributed by atoms with Crippen LogP contribution in [0.1, 0.15) is 22.3 Å². The number of ether oxygens (including phenoxy) is 1. The lowest BCUT2D eigenvalue weighted by Crippen LogP contribution is -2.24. The molecule has 0 heterocycles. The van der Waals surface area contributed by atoms with E-state index in [4.69, 9.17) is 9.84 Å². The summed E-state index contributed by atoms with van der Waals surface area (Å²) in [4.78, 5) is 11.8. The zero-order valence-electron chi connectivity index (χ0n) is 13.5. The lowest BCUT2D eigenvalue weighted by molar-refractivity contribution is 0.0951. The van der Waals surface area contributed by atoms with E-state index in [0.29, 0.717) is 25.1 Å². The maximum atomic E-state index is 13.6. The number of aliphatic hydroxyl groups excluding tert-OH is 1. The fourth-order valence-corrected chi connectivity index (χ4v) is 2.15. The van der Waals surface area contributed by atoms with Crippen molar-refractivity contribution in [2.75, 3.05) is 25.6 Å². The molecule has 24 heavy (non-hydrogen) atoms. The highest BCUT2D eigenvalue weighted by atomic mass is 19.1. The number of methoxy groups -OCH3 is 1. The van der Waals surface area contributed by atoms with E-state index in [1.165, 1.54) is 13.2 Å². The van der Waals surface area contributed by atoms with Crippen molar-refractivity contribution in [3.63, 3.8) is 0 Å². The first-order chi connectivity index (χ1) is 11.6. The summed E-state index contributed by atoms with van der Waals surface area (Å²) in [7, 11) is 1.43. The topological polar surface area (TPSA) is 70.6 Å². The van der Waals surface area contributed by atoms with Gasteiger partial charge in [-0.15, -0.1) is 0 Å². The molecular formula is C18H21FN2O3. The maximum Gasteiger partial charge on any atom is 0.251 e. The molecule has 0 bridgehead atoms. The van der Waals surface area contributed by atoms with Gasteiger partial charge in [-0.2, -0.15) is 0 Å². The maximum absolute atomic E-state index is 13.6. The Hall–Kier alpha value is -2.60. The Morgan fingerprint density at radius 1 is 1.21 bits per heavy atom. The van der Waals surface area contributed by atoms with Crippen molar-refractivity contribution in [2.24, 2.45) is 0 Å². The number of carbonyl (C=O) groups excluding carboxylic acids is 1. The Bertz CT molecular complexity index is 674. The van der Waals surface area contributed by atoms with Gasteiger partial charge in [0.25, 0.3) is 5.91 Å². The molecule has 0 radical (unpaired) electrons. The highest BCUT2D eigenvalue weighted by molar-refractivity contribution is 5.94. The van der Waals surface area contributed by atoms with Gasteiger partial charge in [0, 0.05) is 30.9 Å². The van der Waals surface area contributed by atoms with Gasteiger partial charge >= 0.3 is 0 Å². The van der Waals surface area contributed by atoms with Gasteiger partial charge in [-0.05, 0) is 48.4 Å². The van der Waals surface area contributed by atoms with Gasteiger partial charge in [0.15, 0.2) is 11.6 Å². The highest BCUT2D eigenvalue weighted by Gasteiger charge is 2.05. The van der Waals surface area contributed by atoms with Crippen LogP contribution in [0.5, 0.6) is 5.75 Å². The summed E-state index contributed by atoms with van der Waals surface area (Å²) in [6.07, 6.45) is 0.532. The van der Waals surface area contributed by atoms with Gasteiger partial charge in [0.2, 0.25) is 0 Å². The van der Waals surface area contributed by atoms with E-state index in [-0.39, 0.29) is 18.3 Å². The molecule has 1 amide bonds. The minimum absolute atomic E-state index is 0.0507. The summed E-state index contributed by atoms with van der Waals surface area (Å²) in [6, 6.07) is 11.8. The number of nitrogens with one attached hydrogen (secondary N) is 2. The van der Waals surface area contributed by atoms with Gasteiger partial charge in [-0.3, -0.25) is 4.79 Å². The predicted octanol–water partition coefficient (Wildman–Crippen LogP) is 2.56. The number of aliphatic hydroxyl groups is 1. The van der Waals surface area contributed by atoms with Crippen molar-refractivity contribution in [2.45, 2.75) is 13.0 Å². The van der Waals surface area contributed by atoms with Crippen LogP contribution in [0.2, 0.25) is 0 Å². The van der Waals surface area contributed by atoms with Crippen LogP contribution in [0.3, 0.4) is 0 Å². The molecule has 0 atom stereocenters. The molecule has 0 saturated heterocycles. The molecule has 0 aliphatic carbocycles. The van der Waals surface area contributed by atoms with Crippen molar-refractivity contribution in [1.29, 1.82) is 0 Å². The molecule has 0 aliphatic rings. The van der Waals surface area contributed by atoms with E-state index in [1.54, 1.807) is 36.4 Å². The summed E-state index contributed by atoms with van der Waals surface area (Å²) >= 11 is 0. The van der Waals surface area contributed by atoms with Gasteiger partial charge < -0.3 is 20.5 Å². The Labute approximate surface area is 140 Å². The number of amides is 1. The van der Waals surface area contributed by atoms with Gasteiger partial charge in [-0.25, -0.2) is 4.39 Å². The van der Waals surface area contributed by atoms with Gasteiger partial charge in [0.1, 0.15) is 0 Å². The minimum Gasteiger partial charge on any atom is -0.494 e. The van der Waals surface area contributed by atoms with Crippen LogP contribution in [0.4, 0.5) is 10.1 Å². The lowest BCUT2D eigenvalue weighted by atomic mass is 10.1. The summed E-state index contributed by atoms with van der Waals surface area (Å²) in [6.45, 7) is 0.955. The van der Waals surface area contributed by atoms with E-state index < -0.39 is 5.82 Å². The average molecular weight is 332 g/mol. The smallest absolute Gasteiger partial charge is 0.251 e. The molecule has 0 aliphatic heterocycles. The quantitative estimate of drug-likeness (QED) is 0.650. The molecule has 0 aromatic heterocycles. The van der Waals surface area contributed by atoms with Crippen LogP contribution >= 0.6 is 0 Å². The molecule has 128 valence electrons. The molecule has 2 rings (SSSR count). The number of carbonyl (C=O) groups is 1. The van der Waals surface area contributed by atoms with Gasteiger partial charge in [0.05, 0.1) is 7.11 Å². The molecule has 3 N–H and O–H groups in total. The summed E-state index contributed by atoms with van der Waals surface area (Å²) in [5.41, 5.74) is 2.17. The molecule has 2 aromatic carbocycles. The Kier molecular flexibility index (Phi) is 6.57. The zero-order chi connectivity index (χ0) is 17.4. The van der Waals surface area contributed by atoms with Crippen LogP contribution in [0, 0.1) is 5.82 Å². The van der Waals surface area contributed by atoms with Crippen molar-refractivity contribution in [3.8, 4) is 5.75 Å². The Morgan fingerprint density at radius 3 is 2.58 bits per heavy atom. The number of benzene rings is 2. The standard InChI is InChI=1S/C18H21FN2O3/c1-24-17-8-3-13(11-16(17)19)12-21-15-6-4-14(5-7-15)18(23)20-9-2-10-22/h3-8,11,21-22H,2,9-10,12H2,1H3,(H,20,23). The van der Waals surface area contributed by atoms with E-state index >= 15 is 0 Å². The first-order valence-electron chi connectivity index (χ1n) is 7.69. The third kappa shape index (κ3) is 4.96. The second kappa shape index (κ2) is 8.88. The van der Waals surface area contributed by atoms with Crippen LogP contribution in [-0.2, 0) is 6.54 Å². The third-order valence-electron chi connectivity index (χ3n) is 3.48. The highest BCUT2D eigenvalue weighted by Crippen LogP contribution is 2.18. The van der Waals surface area contributed by atoms with E-state index in [2.05, 4.69) is 10.6 Å². The molecule has 0 spiro atoms. The number of hydrogen-bond donors (Lipinski definition) is 3. The Morgan fingerprint density at radius 2 is 1.96 bits per heavy atom. The predicted molar refractivity (Wildman–Crippen MR) is 90.8 cm³/mol. The zero-order valence-corrected chi connectivity index (χ0v) is 13.5. The summed E-state index contributed by atoms with van der Waals surface area (Å²) < 4.78 is 18.5. The number of anilines is 1. The first kappa shape index (κ1) is 17.7. The molecule has 0 saturated carbocycles. The van der Waals surface area contributed by atoms with E-state index in [1.807, 2.05) is 0 Å².